The van der Waals surface area contributed by atoms with Crippen LogP contribution in [0.15, 0.2) is 35.2 Å². The summed E-state index contributed by atoms with van der Waals surface area (Å²) in [6.07, 6.45) is 0.0602. The molecule has 1 fully saturated rings. The Hall–Kier alpha value is -1.64. The fourth-order valence-electron chi connectivity index (χ4n) is 2.63. The Morgan fingerprint density at radius 2 is 2.17 bits per heavy atom. The average molecular weight is 349 g/mol. The highest BCUT2D eigenvalue weighted by Crippen LogP contribution is 2.24. The highest BCUT2D eigenvalue weighted by atomic mass is 32.2. The van der Waals surface area contributed by atoms with Crippen molar-refractivity contribution >= 4 is 17.7 Å². The zero-order valence-corrected chi connectivity index (χ0v) is 14.9. The van der Waals surface area contributed by atoms with Crippen molar-refractivity contribution in [3.05, 3.63) is 30.3 Å². The highest BCUT2D eigenvalue weighted by molar-refractivity contribution is 7.99. The first-order valence-electron chi connectivity index (χ1n) is 8.10. The number of likely N-dealkylation sites (N-methyl/N-ethyl adjacent to an activating group) is 1. The molecular weight excluding hydrogens is 326 g/mol. The third kappa shape index (κ3) is 4.68. The van der Waals surface area contributed by atoms with E-state index >= 15 is 0 Å². The van der Waals surface area contributed by atoms with Gasteiger partial charge in [-0.05, 0) is 22.6 Å². The molecule has 1 aromatic carbocycles. The van der Waals surface area contributed by atoms with Crippen molar-refractivity contribution in [2.24, 2.45) is 0 Å². The normalized spacial score (nSPS) is 19.2. The Morgan fingerprint density at radius 1 is 1.33 bits per heavy atom. The maximum absolute atomic E-state index is 5.70. The second kappa shape index (κ2) is 8.46. The maximum Gasteiger partial charge on any atom is 0.245 e. The first-order chi connectivity index (χ1) is 11.7. The Kier molecular flexibility index (Phi) is 6.06. The molecule has 2 heterocycles. The van der Waals surface area contributed by atoms with Gasteiger partial charge in [-0.2, -0.15) is 0 Å². The van der Waals surface area contributed by atoms with Gasteiger partial charge in [0.1, 0.15) is 0 Å². The molecule has 2 unspecified atom stereocenters. The van der Waals surface area contributed by atoms with Gasteiger partial charge in [0.2, 0.25) is 5.95 Å². The lowest BCUT2D eigenvalue weighted by molar-refractivity contribution is -0.0838. The van der Waals surface area contributed by atoms with E-state index in [1.807, 2.05) is 34.5 Å². The first kappa shape index (κ1) is 17.2. The van der Waals surface area contributed by atoms with E-state index in [9.17, 15) is 0 Å². The number of thioether (sulfide) groups is 1. The van der Waals surface area contributed by atoms with E-state index in [4.69, 9.17) is 9.47 Å². The van der Waals surface area contributed by atoms with Gasteiger partial charge in [-0.15, -0.1) is 11.8 Å². The van der Waals surface area contributed by atoms with Crippen molar-refractivity contribution < 1.29 is 9.47 Å². The van der Waals surface area contributed by atoms with Crippen LogP contribution < -0.4 is 4.90 Å². The quantitative estimate of drug-likeness (QED) is 0.705. The average Bonchev–Trinajstić information content (AvgIpc) is 3.04. The number of anilines is 1. The van der Waals surface area contributed by atoms with Gasteiger partial charge in [0.25, 0.3) is 0 Å². The molecule has 2 aromatic rings. The lowest BCUT2D eigenvalue weighted by atomic mass is 10.3. The Morgan fingerprint density at radius 3 is 2.92 bits per heavy atom. The van der Waals surface area contributed by atoms with Crippen LogP contribution in [0, 0.1) is 0 Å². The molecule has 0 spiro atoms. The van der Waals surface area contributed by atoms with E-state index in [0.29, 0.717) is 31.6 Å². The summed E-state index contributed by atoms with van der Waals surface area (Å²) in [6.45, 7) is 5.57. The van der Waals surface area contributed by atoms with Crippen LogP contribution in [-0.2, 0) is 16.0 Å². The third-order valence-corrected chi connectivity index (χ3v) is 4.82. The number of hydrogen-bond acceptors (Lipinski definition) is 7. The largest absolute Gasteiger partial charge is 0.376 e. The molecule has 1 aliphatic heterocycles. The minimum Gasteiger partial charge on any atom is -0.376 e. The molecule has 3 rings (SSSR count). The first-order valence-corrected chi connectivity index (χ1v) is 8.98. The Bertz CT molecular complexity index is 618. The van der Waals surface area contributed by atoms with Crippen molar-refractivity contribution in [1.29, 1.82) is 0 Å². The van der Waals surface area contributed by atoms with Gasteiger partial charge in [-0.1, -0.05) is 30.2 Å². The van der Waals surface area contributed by atoms with Crippen LogP contribution >= 0.6 is 11.8 Å². The van der Waals surface area contributed by atoms with E-state index in [1.165, 1.54) is 4.90 Å². The molecule has 1 aromatic heterocycles. The number of tetrazole rings is 1. The molecule has 0 aliphatic carbocycles. The number of benzene rings is 1. The van der Waals surface area contributed by atoms with Crippen molar-refractivity contribution in [3.63, 3.8) is 0 Å². The SMILES string of the molecule is CC(Cn1nnnc1N(C)CC1COCCO1)Sc1ccccc1. The summed E-state index contributed by atoms with van der Waals surface area (Å²) >= 11 is 1.82. The third-order valence-electron chi connectivity index (χ3n) is 3.73. The van der Waals surface area contributed by atoms with Crippen molar-refractivity contribution in [2.75, 3.05) is 38.3 Å². The van der Waals surface area contributed by atoms with E-state index in [0.717, 1.165) is 12.5 Å². The lowest BCUT2D eigenvalue weighted by Crippen LogP contribution is -2.39. The second-order valence-corrected chi connectivity index (χ2v) is 7.36. The highest BCUT2D eigenvalue weighted by Gasteiger charge is 2.20. The molecule has 24 heavy (non-hydrogen) atoms. The van der Waals surface area contributed by atoms with Crippen molar-refractivity contribution in [2.45, 2.75) is 29.7 Å². The van der Waals surface area contributed by atoms with Crippen LogP contribution in [0.5, 0.6) is 0 Å². The van der Waals surface area contributed by atoms with Crippen molar-refractivity contribution in [3.8, 4) is 0 Å². The summed E-state index contributed by atoms with van der Waals surface area (Å²) in [7, 11) is 1.98. The number of nitrogens with zero attached hydrogens (tertiary/aromatic N) is 5. The van der Waals surface area contributed by atoms with Gasteiger partial charge < -0.3 is 14.4 Å². The van der Waals surface area contributed by atoms with E-state index in [-0.39, 0.29) is 6.10 Å². The molecule has 0 amide bonds. The number of ether oxygens (including phenoxy) is 2. The van der Waals surface area contributed by atoms with Gasteiger partial charge >= 0.3 is 0 Å². The molecule has 0 N–H and O–H groups in total. The zero-order chi connectivity index (χ0) is 16.8. The monoisotopic (exact) mass is 349 g/mol. The molecular formula is C16H23N5O2S. The van der Waals surface area contributed by atoms with Gasteiger partial charge in [0, 0.05) is 23.7 Å². The predicted molar refractivity (Wildman–Crippen MR) is 93.4 cm³/mol. The fourth-order valence-corrected chi connectivity index (χ4v) is 3.63. The minimum atomic E-state index is 0.0602. The minimum absolute atomic E-state index is 0.0602. The zero-order valence-electron chi connectivity index (χ0n) is 14.0. The molecule has 8 heteroatoms. The van der Waals surface area contributed by atoms with Gasteiger partial charge in [-0.3, -0.25) is 0 Å². The van der Waals surface area contributed by atoms with Gasteiger partial charge in [-0.25, -0.2) is 4.68 Å². The number of rotatable bonds is 7. The van der Waals surface area contributed by atoms with E-state index < -0.39 is 0 Å². The maximum atomic E-state index is 5.70. The molecule has 0 saturated carbocycles. The molecule has 2 atom stereocenters. The summed E-state index contributed by atoms with van der Waals surface area (Å²) < 4.78 is 13.0. The predicted octanol–water partition coefficient (Wildman–Crippen LogP) is 1.71. The van der Waals surface area contributed by atoms with Crippen molar-refractivity contribution in [1.82, 2.24) is 20.2 Å². The number of aromatic nitrogens is 4. The van der Waals surface area contributed by atoms with Crippen LogP contribution in [0.3, 0.4) is 0 Å². The van der Waals surface area contributed by atoms with Crippen LogP contribution in [-0.4, -0.2) is 65.0 Å². The Balaban J connectivity index is 1.57. The smallest absolute Gasteiger partial charge is 0.245 e. The van der Waals surface area contributed by atoms with E-state index in [2.05, 4.69) is 46.7 Å². The number of hydrogen-bond donors (Lipinski definition) is 0. The van der Waals surface area contributed by atoms with Crippen LogP contribution in [0.2, 0.25) is 0 Å². The summed E-state index contributed by atoms with van der Waals surface area (Å²) in [5, 5.41) is 12.5. The molecule has 1 aliphatic rings. The standard InChI is InChI=1S/C16H23N5O2S/c1-13(24-15-6-4-3-5-7-15)10-21-16(17-18-19-21)20(2)11-14-12-22-8-9-23-14/h3-7,13-14H,8-12H2,1-2H3. The van der Waals surface area contributed by atoms with E-state index in [1.54, 1.807) is 0 Å². The van der Waals surface area contributed by atoms with Crippen LogP contribution in [0.25, 0.3) is 0 Å². The van der Waals surface area contributed by atoms with Crippen LogP contribution in [0.1, 0.15) is 6.92 Å². The lowest BCUT2D eigenvalue weighted by Gasteiger charge is -2.27. The Labute approximate surface area is 146 Å². The second-order valence-electron chi connectivity index (χ2n) is 5.85. The summed E-state index contributed by atoms with van der Waals surface area (Å²) in [5.74, 6) is 0.754. The van der Waals surface area contributed by atoms with Gasteiger partial charge in [0.05, 0.1) is 32.5 Å². The summed E-state index contributed by atoms with van der Waals surface area (Å²) in [5.41, 5.74) is 0. The fraction of sp³-hybridized carbons (Fsp3) is 0.562. The summed E-state index contributed by atoms with van der Waals surface area (Å²) in [4.78, 5) is 3.28. The molecule has 0 bridgehead atoms. The van der Waals surface area contributed by atoms with Gasteiger partial charge in [0.15, 0.2) is 0 Å². The topological polar surface area (TPSA) is 65.3 Å². The molecule has 130 valence electrons. The molecule has 0 radical (unpaired) electrons. The van der Waals surface area contributed by atoms with Crippen LogP contribution in [0.4, 0.5) is 5.95 Å². The molecule has 7 nitrogen and oxygen atoms in total. The molecule has 1 saturated heterocycles. The summed E-state index contributed by atoms with van der Waals surface area (Å²) in [6, 6.07) is 10.4.